The zero-order chi connectivity index (χ0) is 16.1. The summed E-state index contributed by atoms with van der Waals surface area (Å²) in [5.41, 5.74) is 0.319. The van der Waals surface area contributed by atoms with Gasteiger partial charge < -0.3 is 10.1 Å². The molecule has 1 fully saturated rings. The van der Waals surface area contributed by atoms with Crippen molar-refractivity contribution in [2.45, 2.75) is 51.7 Å². The first kappa shape index (κ1) is 16.9. The second kappa shape index (κ2) is 7.72. The predicted octanol–water partition coefficient (Wildman–Crippen LogP) is 3.08. The number of pyridine rings is 1. The maximum absolute atomic E-state index is 12.2. The normalized spacial score (nSPS) is 22.7. The van der Waals surface area contributed by atoms with Crippen molar-refractivity contribution >= 4 is 27.8 Å². The number of ether oxygens (including phenoxy) is 1. The highest BCUT2D eigenvalue weighted by Gasteiger charge is 2.26. The Bertz CT molecular complexity index is 550. The van der Waals surface area contributed by atoms with E-state index in [1.165, 1.54) is 12.6 Å². The number of nitrogens with one attached hydrogen (secondary N) is 1. The molecule has 1 aromatic rings. The SMILES string of the molecule is C[C@H](OC(=O)c1cncc(Br)c1)C(=O)N[C@@H]1CCCC[C@@H]1C. The Hall–Kier alpha value is -1.43. The fourth-order valence-corrected chi connectivity index (χ4v) is 3.00. The third-order valence-corrected chi connectivity index (χ3v) is 4.47. The van der Waals surface area contributed by atoms with E-state index in [1.807, 2.05) is 0 Å². The first-order valence-electron chi connectivity index (χ1n) is 7.59. The van der Waals surface area contributed by atoms with Crippen molar-refractivity contribution in [2.24, 2.45) is 5.92 Å². The summed E-state index contributed by atoms with van der Waals surface area (Å²) in [6, 6.07) is 1.79. The van der Waals surface area contributed by atoms with Gasteiger partial charge in [0.1, 0.15) is 0 Å². The Balaban J connectivity index is 1.89. The first-order chi connectivity index (χ1) is 10.5. The van der Waals surface area contributed by atoms with E-state index in [0.29, 0.717) is 16.0 Å². The summed E-state index contributed by atoms with van der Waals surface area (Å²) in [5, 5.41) is 3.00. The molecule has 6 heteroatoms. The monoisotopic (exact) mass is 368 g/mol. The van der Waals surface area contributed by atoms with Crippen LogP contribution in [0, 0.1) is 5.92 Å². The highest BCUT2D eigenvalue weighted by molar-refractivity contribution is 9.10. The van der Waals surface area contributed by atoms with Gasteiger partial charge in [0, 0.05) is 22.9 Å². The van der Waals surface area contributed by atoms with Gasteiger partial charge >= 0.3 is 5.97 Å². The van der Waals surface area contributed by atoms with Crippen molar-refractivity contribution in [2.75, 3.05) is 0 Å². The number of esters is 1. The lowest BCUT2D eigenvalue weighted by molar-refractivity contribution is -0.130. The molecule has 1 amide bonds. The summed E-state index contributed by atoms with van der Waals surface area (Å²) in [4.78, 5) is 28.1. The number of hydrogen-bond acceptors (Lipinski definition) is 4. The molecule has 1 aliphatic carbocycles. The molecule has 0 radical (unpaired) electrons. The number of amides is 1. The molecule has 0 aliphatic heterocycles. The molecule has 1 aliphatic rings. The Morgan fingerprint density at radius 2 is 2.09 bits per heavy atom. The highest BCUT2D eigenvalue weighted by Crippen LogP contribution is 2.23. The molecule has 0 unspecified atom stereocenters. The molecular formula is C16H21BrN2O3. The molecule has 1 heterocycles. The van der Waals surface area contributed by atoms with E-state index in [-0.39, 0.29) is 11.9 Å². The molecule has 2 rings (SSSR count). The van der Waals surface area contributed by atoms with Crippen molar-refractivity contribution < 1.29 is 14.3 Å². The minimum Gasteiger partial charge on any atom is -0.449 e. The molecular weight excluding hydrogens is 348 g/mol. The second-order valence-corrected chi connectivity index (χ2v) is 6.73. The van der Waals surface area contributed by atoms with E-state index in [9.17, 15) is 9.59 Å². The average Bonchev–Trinajstić information content (AvgIpc) is 2.49. The maximum atomic E-state index is 12.2. The van der Waals surface area contributed by atoms with Gasteiger partial charge in [-0.2, -0.15) is 0 Å². The lowest BCUT2D eigenvalue weighted by Crippen LogP contribution is -2.46. The van der Waals surface area contributed by atoms with Gasteiger partial charge in [-0.1, -0.05) is 19.8 Å². The zero-order valence-electron chi connectivity index (χ0n) is 12.8. The van der Waals surface area contributed by atoms with Crippen LogP contribution < -0.4 is 5.32 Å². The Morgan fingerprint density at radius 1 is 1.36 bits per heavy atom. The van der Waals surface area contributed by atoms with Crippen LogP contribution in [-0.4, -0.2) is 29.0 Å². The van der Waals surface area contributed by atoms with Gasteiger partial charge in [0.15, 0.2) is 6.10 Å². The van der Waals surface area contributed by atoms with Gasteiger partial charge in [0.25, 0.3) is 5.91 Å². The lowest BCUT2D eigenvalue weighted by Gasteiger charge is -2.30. The summed E-state index contributed by atoms with van der Waals surface area (Å²) in [6.07, 6.45) is 6.64. The maximum Gasteiger partial charge on any atom is 0.340 e. The van der Waals surface area contributed by atoms with E-state index >= 15 is 0 Å². The standard InChI is InChI=1S/C16H21BrN2O3/c1-10-5-3-4-6-14(10)19-15(20)11(2)22-16(21)12-7-13(17)9-18-8-12/h7-11,14H,3-6H2,1-2H3,(H,19,20)/t10-,11-,14+/m0/s1. The number of carbonyl (C=O) groups is 2. The smallest absolute Gasteiger partial charge is 0.340 e. The van der Waals surface area contributed by atoms with Crippen molar-refractivity contribution in [3.8, 4) is 0 Å². The predicted molar refractivity (Wildman–Crippen MR) is 86.4 cm³/mol. The van der Waals surface area contributed by atoms with Gasteiger partial charge in [-0.3, -0.25) is 9.78 Å². The molecule has 3 atom stereocenters. The molecule has 22 heavy (non-hydrogen) atoms. The van der Waals surface area contributed by atoms with Crippen LogP contribution in [-0.2, 0) is 9.53 Å². The summed E-state index contributed by atoms with van der Waals surface area (Å²) in [7, 11) is 0. The largest absolute Gasteiger partial charge is 0.449 e. The van der Waals surface area contributed by atoms with Crippen LogP contribution in [0.1, 0.15) is 49.9 Å². The molecule has 0 spiro atoms. The Morgan fingerprint density at radius 3 is 2.77 bits per heavy atom. The third kappa shape index (κ3) is 4.53. The highest BCUT2D eigenvalue weighted by atomic mass is 79.9. The molecule has 0 bridgehead atoms. The van der Waals surface area contributed by atoms with Gasteiger partial charge in [0.2, 0.25) is 0 Å². The number of nitrogens with zero attached hydrogens (tertiary/aromatic N) is 1. The molecule has 0 aromatic carbocycles. The van der Waals surface area contributed by atoms with Crippen LogP contribution in [0.5, 0.6) is 0 Å². The second-order valence-electron chi connectivity index (χ2n) is 5.82. The van der Waals surface area contributed by atoms with Gasteiger partial charge in [0.05, 0.1) is 5.56 Å². The number of carbonyl (C=O) groups excluding carboxylic acids is 2. The summed E-state index contributed by atoms with van der Waals surface area (Å²) >= 11 is 3.25. The molecule has 0 saturated heterocycles. The summed E-state index contributed by atoms with van der Waals surface area (Å²) < 4.78 is 5.91. The fourth-order valence-electron chi connectivity index (χ4n) is 2.64. The van der Waals surface area contributed by atoms with Crippen molar-refractivity contribution in [3.63, 3.8) is 0 Å². The van der Waals surface area contributed by atoms with Crippen molar-refractivity contribution in [3.05, 3.63) is 28.5 Å². The van der Waals surface area contributed by atoms with Crippen LogP contribution >= 0.6 is 15.9 Å². The fraction of sp³-hybridized carbons (Fsp3) is 0.562. The first-order valence-corrected chi connectivity index (χ1v) is 8.38. The van der Waals surface area contributed by atoms with Gasteiger partial charge in [-0.15, -0.1) is 0 Å². The van der Waals surface area contributed by atoms with Crippen LogP contribution in [0.2, 0.25) is 0 Å². The van der Waals surface area contributed by atoms with Crippen molar-refractivity contribution in [1.82, 2.24) is 10.3 Å². The topological polar surface area (TPSA) is 68.3 Å². The van der Waals surface area contributed by atoms with Gasteiger partial charge in [-0.25, -0.2) is 4.79 Å². The lowest BCUT2D eigenvalue weighted by atomic mass is 9.86. The van der Waals surface area contributed by atoms with E-state index in [0.717, 1.165) is 19.3 Å². The Labute approximate surface area is 139 Å². The number of halogens is 1. The van der Waals surface area contributed by atoms with E-state index in [4.69, 9.17) is 4.74 Å². The molecule has 5 nitrogen and oxygen atoms in total. The average molecular weight is 369 g/mol. The minimum atomic E-state index is -0.819. The number of aromatic nitrogens is 1. The molecule has 1 aromatic heterocycles. The Kier molecular flexibility index (Phi) is 5.94. The third-order valence-electron chi connectivity index (χ3n) is 4.03. The number of hydrogen-bond donors (Lipinski definition) is 1. The zero-order valence-corrected chi connectivity index (χ0v) is 14.4. The quantitative estimate of drug-likeness (QED) is 0.829. The number of rotatable bonds is 4. The molecule has 1 saturated carbocycles. The van der Waals surface area contributed by atoms with Crippen LogP contribution in [0.3, 0.4) is 0 Å². The van der Waals surface area contributed by atoms with Crippen molar-refractivity contribution in [1.29, 1.82) is 0 Å². The van der Waals surface area contributed by atoms with Crippen LogP contribution in [0.4, 0.5) is 0 Å². The van der Waals surface area contributed by atoms with E-state index in [2.05, 4.69) is 33.2 Å². The van der Waals surface area contributed by atoms with Crippen LogP contribution in [0.25, 0.3) is 0 Å². The van der Waals surface area contributed by atoms with Crippen LogP contribution in [0.15, 0.2) is 22.9 Å². The minimum absolute atomic E-state index is 0.176. The summed E-state index contributed by atoms with van der Waals surface area (Å²) in [5.74, 6) is -0.321. The van der Waals surface area contributed by atoms with Gasteiger partial charge in [-0.05, 0) is 47.7 Å². The summed E-state index contributed by atoms with van der Waals surface area (Å²) in [6.45, 7) is 3.74. The molecule has 1 N–H and O–H groups in total. The van der Waals surface area contributed by atoms with E-state index < -0.39 is 12.1 Å². The van der Waals surface area contributed by atoms with E-state index in [1.54, 1.807) is 19.2 Å². The molecule has 120 valence electrons.